The van der Waals surface area contributed by atoms with Gasteiger partial charge in [-0.2, -0.15) is 0 Å². The number of hydrogen-bond donors (Lipinski definition) is 0. The van der Waals surface area contributed by atoms with E-state index < -0.39 is 0 Å². The summed E-state index contributed by atoms with van der Waals surface area (Å²) >= 11 is 0. The van der Waals surface area contributed by atoms with Crippen molar-refractivity contribution in [1.29, 1.82) is 0 Å². The molecule has 0 rings (SSSR count). The van der Waals surface area contributed by atoms with Crippen LogP contribution in [0.15, 0.2) is 0 Å². The minimum Gasteiger partial charge on any atom is -1.00 e. The first-order valence-electron chi connectivity index (χ1n) is 0.813. The van der Waals surface area contributed by atoms with Gasteiger partial charge in [-0.25, -0.2) is 0 Å². The average Bonchev–Trinajstić information content (AvgIpc) is 0.918. The molecule has 0 unspecified atom stereocenters. The van der Waals surface area contributed by atoms with Gasteiger partial charge in [-0.05, 0) is 6.92 Å². The SMILES string of the molecule is CC=O.[AlH3].[H-].[Li+]. The zero-order valence-corrected chi connectivity index (χ0v) is 2.99. The zero-order valence-electron chi connectivity index (χ0n) is 3.99. The van der Waals surface area contributed by atoms with Gasteiger partial charge in [0.05, 0.1) is 0 Å². The van der Waals surface area contributed by atoms with Gasteiger partial charge >= 0.3 is 18.9 Å². The van der Waals surface area contributed by atoms with Gasteiger partial charge in [0, 0.05) is 0 Å². The van der Waals surface area contributed by atoms with Crippen molar-refractivity contribution in [3.8, 4) is 0 Å². The summed E-state index contributed by atoms with van der Waals surface area (Å²) in [4.78, 5) is 8.81. The molecule has 0 aromatic carbocycles. The normalized spacial score (nSPS) is 2.60. The van der Waals surface area contributed by atoms with Crippen LogP contribution in [-0.2, 0) is 4.79 Å². The Labute approximate surface area is 55.9 Å². The Balaban J connectivity index is -0.00000000667. The van der Waals surface area contributed by atoms with Crippen LogP contribution in [0.25, 0.3) is 0 Å². The molecular weight excluding hydrogens is 73.9 g/mol. The van der Waals surface area contributed by atoms with Gasteiger partial charge in [0.1, 0.15) is 6.29 Å². The molecule has 0 fully saturated rings. The smallest absolute Gasteiger partial charge is 1.00 e. The molecule has 0 bridgehead atoms. The summed E-state index contributed by atoms with van der Waals surface area (Å²) in [7, 11) is 0. The van der Waals surface area contributed by atoms with E-state index in [1.807, 2.05) is 0 Å². The summed E-state index contributed by atoms with van der Waals surface area (Å²) in [5.41, 5.74) is 0. The fourth-order valence-electron chi connectivity index (χ4n) is 0. The van der Waals surface area contributed by atoms with E-state index in [1.165, 1.54) is 6.92 Å². The Hall–Kier alpha value is 0.800. The maximum absolute atomic E-state index is 8.81. The summed E-state index contributed by atoms with van der Waals surface area (Å²) in [5, 5.41) is 0. The minimum atomic E-state index is 0. The second-order valence-corrected chi connectivity index (χ2v) is 0.236. The molecule has 0 saturated carbocycles. The van der Waals surface area contributed by atoms with Crippen LogP contribution >= 0.6 is 0 Å². The number of hydrogen-bond acceptors (Lipinski definition) is 1. The van der Waals surface area contributed by atoms with Gasteiger partial charge in [-0.1, -0.05) is 0 Å². The molecule has 0 aromatic rings. The Bertz CT molecular complexity index is 21.0. The second kappa shape index (κ2) is 21.4. The van der Waals surface area contributed by atoms with E-state index in [-0.39, 0.29) is 37.6 Å². The van der Waals surface area contributed by atoms with E-state index in [0.717, 1.165) is 6.29 Å². The third kappa shape index (κ3) is 58.8. The molecule has 0 aromatic heterocycles. The van der Waals surface area contributed by atoms with Crippen molar-refractivity contribution < 1.29 is 25.1 Å². The number of aldehydes is 1. The van der Waals surface area contributed by atoms with E-state index in [2.05, 4.69) is 0 Å². The zero-order chi connectivity index (χ0) is 2.71. The van der Waals surface area contributed by atoms with Crippen molar-refractivity contribution in [3.63, 3.8) is 0 Å². The van der Waals surface area contributed by atoms with Gasteiger partial charge in [-0.3, -0.25) is 0 Å². The van der Waals surface area contributed by atoms with Crippen LogP contribution in [0, 0.1) is 0 Å². The molecule has 0 aliphatic heterocycles. The Morgan fingerprint density at radius 1 is 1.80 bits per heavy atom. The molecule has 1 nitrogen and oxygen atoms in total. The van der Waals surface area contributed by atoms with Crippen molar-refractivity contribution in [2.45, 2.75) is 6.92 Å². The minimum absolute atomic E-state index is 0. The quantitative estimate of drug-likeness (QED) is 0.216. The van der Waals surface area contributed by atoms with Crippen LogP contribution in [-0.4, -0.2) is 23.6 Å². The Morgan fingerprint density at radius 2 is 1.80 bits per heavy atom. The van der Waals surface area contributed by atoms with Crippen LogP contribution in [0.5, 0.6) is 0 Å². The predicted octanol–water partition coefficient (Wildman–Crippen LogP) is -3.86. The molecule has 0 saturated heterocycles. The Morgan fingerprint density at radius 3 is 1.80 bits per heavy atom. The van der Waals surface area contributed by atoms with Gasteiger partial charge in [0.25, 0.3) is 0 Å². The molecule has 0 aliphatic rings. The molecule has 0 atom stereocenters. The van der Waals surface area contributed by atoms with E-state index >= 15 is 0 Å². The predicted molar refractivity (Wildman–Crippen MR) is 22.8 cm³/mol. The summed E-state index contributed by atoms with van der Waals surface area (Å²) in [5.74, 6) is 0. The van der Waals surface area contributed by atoms with Crippen LogP contribution in [0.1, 0.15) is 8.35 Å². The molecular formula is C2H8AlLiO. The third-order valence-corrected chi connectivity index (χ3v) is 0. The molecule has 0 N–H and O–H groups in total. The van der Waals surface area contributed by atoms with Crippen molar-refractivity contribution in [2.24, 2.45) is 0 Å². The van der Waals surface area contributed by atoms with Crippen LogP contribution in [0.3, 0.4) is 0 Å². The molecule has 0 heterocycles. The summed E-state index contributed by atoms with van der Waals surface area (Å²) in [6, 6.07) is 0. The largest absolute Gasteiger partial charge is 1.00 e. The molecule has 26 valence electrons. The number of carbonyl (C=O) groups is 1. The number of carbonyl (C=O) groups excluding carboxylic acids is 1. The fraction of sp³-hybridized carbons (Fsp3) is 0.500. The molecule has 5 heavy (non-hydrogen) atoms. The third-order valence-electron chi connectivity index (χ3n) is 0. The van der Waals surface area contributed by atoms with Crippen LogP contribution in [0.2, 0.25) is 0 Å². The maximum Gasteiger partial charge on any atom is 1.00 e. The molecule has 0 radical (unpaired) electrons. The van der Waals surface area contributed by atoms with Crippen LogP contribution in [0.4, 0.5) is 0 Å². The second-order valence-electron chi connectivity index (χ2n) is 0.236. The summed E-state index contributed by atoms with van der Waals surface area (Å²) < 4.78 is 0. The van der Waals surface area contributed by atoms with E-state index in [1.54, 1.807) is 0 Å². The molecule has 0 aliphatic carbocycles. The van der Waals surface area contributed by atoms with E-state index in [0.29, 0.717) is 0 Å². The summed E-state index contributed by atoms with van der Waals surface area (Å²) in [6.07, 6.45) is 0.750. The number of rotatable bonds is 0. The average molecular weight is 82.0 g/mol. The maximum atomic E-state index is 8.81. The van der Waals surface area contributed by atoms with E-state index in [9.17, 15) is 0 Å². The Kier molecular flexibility index (Phi) is 72.9. The van der Waals surface area contributed by atoms with Crippen molar-refractivity contribution in [3.05, 3.63) is 0 Å². The molecule has 0 spiro atoms. The van der Waals surface area contributed by atoms with Crippen molar-refractivity contribution >= 4 is 23.6 Å². The first kappa shape index (κ1) is 17.0. The van der Waals surface area contributed by atoms with Gasteiger partial charge in [0.2, 0.25) is 0 Å². The molecule has 3 heteroatoms. The van der Waals surface area contributed by atoms with Crippen molar-refractivity contribution in [2.75, 3.05) is 0 Å². The van der Waals surface area contributed by atoms with Crippen LogP contribution < -0.4 is 18.9 Å². The topological polar surface area (TPSA) is 17.1 Å². The van der Waals surface area contributed by atoms with Gasteiger partial charge in [0.15, 0.2) is 17.4 Å². The van der Waals surface area contributed by atoms with Crippen molar-refractivity contribution in [1.82, 2.24) is 0 Å². The summed E-state index contributed by atoms with van der Waals surface area (Å²) in [6.45, 7) is 1.44. The molecule has 0 amide bonds. The standard InChI is InChI=1S/C2H4O.Al.Li.4H/c1-2-3;;;;;;/h2H,1H3;;;;;;/q;;+1;;;;-1. The van der Waals surface area contributed by atoms with E-state index in [4.69, 9.17) is 4.79 Å². The van der Waals surface area contributed by atoms with Gasteiger partial charge in [-0.15, -0.1) is 0 Å². The van der Waals surface area contributed by atoms with Gasteiger partial charge < -0.3 is 6.22 Å². The first-order valence-corrected chi connectivity index (χ1v) is 0.813. The fourth-order valence-corrected chi connectivity index (χ4v) is 0. The monoisotopic (exact) mass is 82.1 g/mol. The first-order chi connectivity index (χ1) is 1.41.